The number of hydrogen-bond donors (Lipinski definition) is 2. The van der Waals surface area contributed by atoms with Crippen LogP contribution in [0, 0.1) is 5.41 Å². The van der Waals surface area contributed by atoms with Crippen molar-refractivity contribution in [3.63, 3.8) is 0 Å². The van der Waals surface area contributed by atoms with Crippen molar-refractivity contribution in [1.29, 1.82) is 0 Å². The Morgan fingerprint density at radius 1 is 1.31 bits per heavy atom. The monoisotopic (exact) mass is 176 g/mol. The van der Waals surface area contributed by atoms with Crippen LogP contribution in [0.3, 0.4) is 0 Å². The number of nitrogens with one attached hydrogen (secondary N) is 2. The van der Waals surface area contributed by atoms with Crippen LogP contribution in [0.25, 0.3) is 0 Å². The van der Waals surface area contributed by atoms with Crippen molar-refractivity contribution < 1.29 is 4.79 Å². The van der Waals surface area contributed by atoms with Crippen LogP contribution in [-0.4, -0.2) is 19.0 Å². The maximum atomic E-state index is 11.6. The molecule has 0 aromatic heterocycles. The minimum Gasteiger partial charge on any atom is -0.387 e. The molecule has 1 fully saturated rings. The first-order chi connectivity index (χ1) is 6.33. The molecule has 3 heteroatoms. The van der Waals surface area contributed by atoms with Crippen LogP contribution in [0.5, 0.6) is 0 Å². The standard InChI is InChI=1S/C10H12N2O/c13-9-10(2-3-10)8-1-4-11-5-7(8)6-12-9/h1,4,11H,2-3,5-6H2,(H,12,13). The quantitative estimate of drug-likeness (QED) is 0.557. The maximum absolute atomic E-state index is 11.6. The first-order valence-corrected chi connectivity index (χ1v) is 4.74. The molecular formula is C10H12N2O. The molecule has 0 aromatic carbocycles. The lowest BCUT2D eigenvalue weighted by molar-refractivity contribution is -0.125. The summed E-state index contributed by atoms with van der Waals surface area (Å²) in [4.78, 5) is 11.6. The molecule has 1 saturated carbocycles. The smallest absolute Gasteiger partial charge is 0.230 e. The van der Waals surface area contributed by atoms with E-state index in [-0.39, 0.29) is 11.3 Å². The van der Waals surface area contributed by atoms with Gasteiger partial charge in [-0.3, -0.25) is 4.79 Å². The molecule has 0 saturated heterocycles. The van der Waals surface area contributed by atoms with E-state index in [1.54, 1.807) is 0 Å². The highest BCUT2D eigenvalue weighted by Gasteiger charge is 2.54. The fourth-order valence-corrected chi connectivity index (χ4v) is 2.29. The lowest BCUT2D eigenvalue weighted by Crippen LogP contribution is -2.42. The molecule has 2 aliphatic heterocycles. The Hall–Kier alpha value is -1.25. The Labute approximate surface area is 76.9 Å². The molecule has 1 amide bonds. The molecule has 0 unspecified atom stereocenters. The average molecular weight is 176 g/mol. The van der Waals surface area contributed by atoms with Gasteiger partial charge in [0.25, 0.3) is 0 Å². The Morgan fingerprint density at radius 3 is 2.92 bits per heavy atom. The van der Waals surface area contributed by atoms with Crippen LogP contribution in [-0.2, 0) is 4.79 Å². The van der Waals surface area contributed by atoms with Gasteiger partial charge < -0.3 is 10.6 Å². The first-order valence-electron chi connectivity index (χ1n) is 4.74. The number of allylic oxidation sites excluding steroid dienone is 1. The summed E-state index contributed by atoms with van der Waals surface area (Å²) in [5, 5.41) is 6.14. The van der Waals surface area contributed by atoms with Gasteiger partial charge >= 0.3 is 0 Å². The van der Waals surface area contributed by atoms with Crippen LogP contribution in [0.15, 0.2) is 23.4 Å². The number of carbonyl (C=O) groups excluding carboxylic acids is 1. The van der Waals surface area contributed by atoms with Gasteiger partial charge in [-0.1, -0.05) is 0 Å². The fourth-order valence-electron chi connectivity index (χ4n) is 2.29. The van der Waals surface area contributed by atoms with E-state index in [1.807, 2.05) is 6.20 Å². The van der Waals surface area contributed by atoms with Crippen LogP contribution in [0.1, 0.15) is 12.8 Å². The summed E-state index contributed by atoms with van der Waals surface area (Å²) in [6, 6.07) is 0. The molecule has 3 rings (SSSR count). The predicted octanol–water partition coefficient (Wildman–Crippen LogP) is 0.310. The topological polar surface area (TPSA) is 41.1 Å². The summed E-state index contributed by atoms with van der Waals surface area (Å²) in [5.41, 5.74) is 2.53. The van der Waals surface area contributed by atoms with Gasteiger partial charge in [-0.2, -0.15) is 0 Å². The van der Waals surface area contributed by atoms with E-state index in [4.69, 9.17) is 0 Å². The lowest BCUT2D eigenvalue weighted by Gasteiger charge is -2.29. The molecule has 3 nitrogen and oxygen atoms in total. The molecule has 2 N–H and O–H groups in total. The van der Waals surface area contributed by atoms with E-state index >= 15 is 0 Å². The Morgan fingerprint density at radius 2 is 2.15 bits per heavy atom. The summed E-state index contributed by atoms with van der Waals surface area (Å²) < 4.78 is 0. The molecule has 0 atom stereocenters. The van der Waals surface area contributed by atoms with Crippen molar-refractivity contribution in [2.24, 2.45) is 5.41 Å². The highest BCUT2D eigenvalue weighted by atomic mass is 16.2. The maximum Gasteiger partial charge on any atom is 0.230 e. The number of fused-ring (bicyclic) bond motifs is 1. The lowest BCUT2D eigenvalue weighted by atomic mass is 9.86. The van der Waals surface area contributed by atoms with Gasteiger partial charge in [0, 0.05) is 13.1 Å². The van der Waals surface area contributed by atoms with Gasteiger partial charge in [0.2, 0.25) is 5.91 Å². The van der Waals surface area contributed by atoms with E-state index < -0.39 is 0 Å². The van der Waals surface area contributed by atoms with E-state index in [0.29, 0.717) is 0 Å². The predicted molar refractivity (Wildman–Crippen MR) is 48.8 cm³/mol. The first kappa shape index (κ1) is 7.18. The third-order valence-corrected chi connectivity index (χ3v) is 3.23. The summed E-state index contributed by atoms with van der Waals surface area (Å²) in [7, 11) is 0. The molecular weight excluding hydrogens is 164 g/mol. The molecule has 0 aromatic rings. The molecule has 2 heterocycles. The van der Waals surface area contributed by atoms with Crippen molar-refractivity contribution in [1.82, 2.24) is 10.6 Å². The van der Waals surface area contributed by atoms with Crippen LogP contribution >= 0.6 is 0 Å². The fraction of sp³-hybridized carbons (Fsp3) is 0.500. The van der Waals surface area contributed by atoms with Gasteiger partial charge in [0.15, 0.2) is 0 Å². The second-order valence-electron chi connectivity index (χ2n) is 4.00. The van der Waals surface area contributed by atoms with Gasteiger partial charge in [0.05, 0.1) is 5.41 Å². The Bertz CT molecular complexity index is 337. The minimum absolute atomic E-state index is 0.119. The SMILES string of the molecule is O=C1NCC2=C(C=CNC2)C12CC2. The number of amides is 1. The summed E-state index contributed by atoms with van der Waals surface area (Å²) in [6.07, 6.45) is 6.09. The molecule has 3 aliphatic rings. The zero-order valence-electron chi connectivity index (χ0n) is 7.39. The summed E-state index contributed by atoms with van der Waals surface area (Å²) >= 11 is 0. The van der Waals surface area contributed by atoms with Crippen molar-refractivity contribution in [2.75, 3.05) is 13.1 Å². The zero-order valence-corrected chi connectivity index (χ0v) is 7.39. The van der Waals surface area contributed by atoms with E-state index in [2.05, 4.69) is 16.7 Å². The molecule has 13 heavy (non-hydrogen) atoms. The van der Waals surface area contributed by atoms with Crippen LogP contribution in [0.2, 0.25) is 0 Å². The van der Waals surface area contributed by atoms with Crippen LogP contribution < -0.4 is 10.6 Å². The second-order valence-corrected chi connectivity index (χ2v) is 4.00. The Kier molecular flexibility index (Phi) is 1.19. The Balaban J connectivity index is 2.09. The molecule has 1 aliphatic carbocycles. The van der Waals surface area contributed by atoms with E-state index in [9.17, 15) is 4.79 Å². The molecule has 1 spiro atoms. The van der Waals surface area contributed by atoms with Crippen molar-refractivity contribution in [2.45, 2.75) is 12.8 Å². The van der Waals surface area contributed by atoms with Crippen molar-refractivity contribution in [3.8, 4) is 0 Å². The molecule has 68 valence electrons. The van der Waals surface area contributed by atoms with E-state index in [0.717, 1.165) is 25.9 Å². The highest BCUT2D eigenvalue weighted by molar-refractivity contribution is 5.91. The largest absolute Gasteiger partial charge is 0.387 e. The average Bonchev–Trinajstić information content (AvgIpc) is 2.94. The summed E-state index contributed by atoms with van der Waals surface area (Å²) in [5.74, 6) is 0.234. The summed E-state index contributed by atoms with van der Waals surface area (Å²) in [6.45, 7) is 1.63. The van der Waals surface area contributed by atoms with Gasteiger partial charge in [-0.05, 0) is 36.3 Å². The van der Waals surface area contributed by atoms with Crippen molar-refractivity contribution in [3.05, 3.63) is 23.4 Å². The minimum atomic E-state index is -0.119. The third kappa shape index (κ3) is 0.816. The number of dihydropyridines is 1. The molecule has 0 bridgehead atoms. The van der Waals surface area contributed by atoms with E-state index in [1.165, 1.54) is 11.1 Å². The number of hydrogen-bond acceptors (Lipinski definition) is 2. The highest BCUT2D eigenvalue weighted by Crippen LogP contribution is 2.55. The van der Waals surface area contributed by atoms with Gasteiger partial charge in [0.1, 0.15) is 0 Å². The number of rotatable bonds is 0. The zero-order chi connectivity index (χ0) is 8.89. The van der Waals surface area contributed by atoms with Crippen molar-refractivity contribution >= 4 is 5.91 Å². The molecule has 0 radical (unpaired) electrons. The van der Waals surface area contributed by atoms with Crippen LogP contribution in [0.4, 0.5) is 0 Å². The van der Waals surface area contributed by atoms with Gasteiger partial charge in [-0.15, -0.1) is 0 Å². The second kappa shape index (κ2) is 2.16. The third-order valence-electron chi connectivity index (χ3n) is 3.23. The van der Waals surface area contributed by atoms with Gasteiger partial charge in [-0.25, -0.2) is 0 Å². The number of carbonyl (C=O) groups is 1. The normalized spacial score (nSPS) is 28.2.